The van der Waals surface area contributed by atoms with Gasteiger partial charge in [0.15, 0.2) is 0 Å². The Morgan fingerprint density at radius 3 is 2.90 bits per heavy atom. The maximum Gasteiger partial charge on any atom is 0.251 e. The third kappa shape index (κ3) is 3.71. The number of nitrogens with zero attached hydrogens (tertiary/aromatic N) is 1. The molecule has 0 saturated heterocycles. The van der Waals surface area contributed by atoms with Gasteiger partial charge in [0.2, 0.25) is 0 Å². The molecule has 1 N–H and O–H groups in total. The first-order chi connectivity index (χ1) is 9.70. The van der Waals surface area contributed by atoms with Gasteiger partial charge in [-0.2, -0.15) is 0 Å². The van der Waals surface area contributed by atoms with E-state index in [-0.39, 0.29) is 5.91 Å². The molecular weight excluding hydrogens is 276 g/mol. The SMILES string of the molecule is CCOc1ccccc1CNC(=O)c1ccnc(Cl)c1. The van der Waals surface area contributed by atoms with Gasteiger partial charge in [-0.05, 0) is 25.1 Å². The number of hydrogen-bond acceptors (Lipinski definition) is 3. The van der Waals surface area contributed by atoms with Crippen LogP contribution in [0.1, 0.15) is 22.8 Å². The van der Waals surface area contributed by atoms with Gasteiger partial charge in [0.25, 0.3) is 5.91 Å². The van der Waals surface area contributed by atoms with Gasteiger partial charge in [-0.25, -0.2) is 4.98 Å². The van der Waals surface area contributed by atoms with Gasteiger partial charge in [0, 0.05) is 23.9 Å². The van der Waals surface area contributed by atoms with E-state index in [9.17, 15) is 4.79 Å². The smallest absolute Gasteiger partial charge is 0.251 e. The van der Waals surface area contributed by atoms with E-state index in [1.165, 1.54) is 12.3 Å². The lowest BCUT2D eigenvalue weighted by Gasteiger charge is -2.11. The molecule has 0 aliphatic carbocycles. The molecule has 0 radical (unpaired) electrons. The number of para-hydroxylation sites is 1. The third-order valence-corrected chi connectivity index (χ3v) is 2.91. The quantitative estimate of drug-likeness (QED) is 0.861. The van der Waals surface area contributed by atoms with E-state index < -0.39 is 0 Å². The molecule has 0 aliphatic heterocycles. The van der Waals surface area contributed by atoms with Gasteiger partial charge in [-0.15, -0.1) is 0 Å². The van der Waals surface area contributed by atoms with Crippen LogP contribution in [0.3, 0.4) is 0 Å². The number of carbonyl (C=O) groups excluding carboxylic acids is 1. The summed E-state index contributed by atoms with van der Waals surface area (Å²) in [6.07, 6.45) is 1.51. The van der Waals surface area contributed by atoms with Gasteiger partial charge in [0.05, 0.1) is 6.61 Å². The summed E-state index contributed by atoms with van der Waals surface area (Å²) in [6, 6.07) is 10.8. The van der Waals surface area contributed by atoms with Gasteiger partial charge in [-0.3, -0.25) is 4.79 Å². The van der Waals surface area contributed by atoms with Crippen molar-refractivity contribution in [3.8, 4) is 5.75 Å². The molecule has 1 heterocycles. The summed E-state index contributed by atoms with van der Waals surface area (Å²) in [5, 5.41) is 3.13. The highest BCUT2D eigenvalue weighted by Gasteiger charge is 2.08. The van der Waals surface area contributed by atoms with Crippen molar-refractivity contribution < 1.29 is 9.53 Å². The number of ether oxygens (including phenoxy) is 1. The van der Waals surface area contributed by atoms with E-state index in [0.717, 1.165) is 11.3 Å². The normalized spacial score (nSPS) is 10.1. The Hall–Kier alpha value is -2.07. The molecule has 1 aromatic carbocycles. The van der Waals surface area contributed by atoms with Crippen LogP contribution in [-0.2, 0) is 6.54 Å². The van der Waals surface area contributed by atoms with Gasteiger partial charge < -0.3 is 10.1 Å². The monoisotopic (exact) mass is 290 g/mol. The van der Waals surface area contributed by atoms with Crippen LogP contribution in [0, 0.1) is 0 Å². The minimum absolute atomic E-state index is 0.194. The molecule has 20 heavy (non-hydrogen) atoms. The molecule has 0 fully saturated rings. The van der Waals surface area contributed by atoms with Crippen LogP contribution < -0.4 is 10.1 Å². The number of amides is 1. The van der Waals surface area contributed by atoms with Crippen molar-refractivity contribution in [2.24, 2.45) is 0 Å². The lowest BCUT2D eigenvalue weighted by atomic mass is 10.2. The molecule has 0 unspecified atom stereocenters. The predicted octanol–water partition coefficient (Wildman–Crippen LogP) is 3.06. The molecule has 5 heteroatoms. The summed E-state index contributed by atoms with van der Waals surface area (Å²) in [5.41, 5.74) is 1.42. The highest BCUT2D eigenvalue weighted by atomic mass is 35.5. The van der Waals surface area contributed by atoms with Crippen molar-refractivity contribution >= 4 is 17.5 Å². The number of carbonyl (C=O) groups is 1. The van der Waals surface area contributed by atoms with Gasteiger partial charge in [-0.1, -0.05) is 29.8 Å². The fraction of sp³-hybridized carbons (Fsp3) is 0.200. The maximum absolute atomic E-state index is 12.0. The number of benzene rings is 1. The number of aromatic nitrogens is 1. The first-order valence-corrected chi connectivity index (χ1v) is 6.69. The summed E-state index contributed by atoms with van der Waals surface area (Å²) in [6.45, 7) is 2.91. The Balaban J connectivity index is 2.03. The average Bonchev–Trinajstić information content (AvgIpc) is 2.46. The second-order valence-corrected chi connectivity index (χ2v) is 4.48. The lowest BCUT2D eigenvalue weighted by Crippen LogP contribution is -2.23. The zero-order valence-electron chi connectivity index (χ0n) is 11.1. The Bertz CT molecular complexity index is 602. The second kappa shape index (κ2) is 6.91. The van der Waals surface area contributed by atoms with E-state index in [4.69, 9.17) is 16.3 Å². The van der Waals surface area contributed by atoms with Crippen molar-refractivity contribution in [1.82, 2.24) is 10.3 Å². The molecule has 0 saturated carbocycles. The van der Waals surface area contributed by atoms with E-state index in [1.54, 1.807) is 6.07 Å². The Labute approximate surface area is 122 Å². The molecular formula is C15H15ClN2O2. The van der Waals surface area contributed by atoms with Crippen molar-refractivity contribution in [2.45, 2.75) is 13.5 Å². The number of nitrogens with one attached hydrogen (secondary N) is 1. The standard InChI is InChI=1S/C15H15ClN2O2/c1-2-20-13-6-4-3-5-12(13)10-18-15(19)11-7-8-17-14(16)9-11/h3-9H,2,10H2,1H3,(H,18,19). The summed E-state index contributed by atoms with van der Waals surface area (Å²) in [7, 11) is 0. The van der Waals surface area contributed by atoms with Crippen LogP contribution in [0.4, 0.5) is 0 Å². The minimum atomic E-state index is -0.194. The van der Waals surface area contributed by atoms with Crippen molar-refractivity contribution in [1.29, 1.82) is 0 Å². The highest BCUT2D eigenvalue weighted by Crippen LogP contribution is 2.17. The van der Waals surface area contributed by atoms with E-state index in [2.05, 4.69) is 10.3 Å². The number of halogens is 1. The van der Waals surface area contributed by atoms with Crippen LogP contribution in [-0.4, -0.2) is 17.5 Å². The molecule has 2 rings (SSSR count). The molecule has 104 valence electrons. The molecule has 4 nitrogen and oxygen atoms in total. The average molecular weight is 291 g/mol. The second-order valence-electron chi connectivity index (χ2n) is 4.09. The summed E-state index contributed by atoms with van der Waals surface area (Å²) < 4.78 is 5.51. The minimum Gasteiger partial charge on any atom is -0.494 e. The van der Waals surface area contributed by atoms with Crippen molar-refractivity contribution in [3.63, 3.8) is 0 Å². The number of hydrogen-bond donors (Lipinski definition) is 1. The van der Waals surface area contributed by atoms with E-state index >= 15 is 0 Å². The summed E-state index contributed by atoms with van der Waals surface area (Å²) in [4.78, 5) is 15.8. The van der Waals surface area contributed by atoms with Crippen LogP contribution in [0.25, 0.3) is 0 Å². The molecule has 0 bridgehead atoms. The number of pyridine rings is 1. The van der Waals surface area contributed by atoms with Crippen LogP contribution >= 0.6 is 11.6 Å². The topological polar surface area (TPSA) is 51.2 Å². The lowest BCUT2D eigenvalue weighted by molar-refractivity contribution is 0.0950. The Kier molecular flexibility index (Phi) is 4.96. The fourth-order valence-electron chi connectivity index (χ4n) is 1.77. The third-order valence-electron chi connectivity index (χ3n) is 2.70. The maximum atomic E-state index is 12.0. The van der Waals surface area contributed by atoms with Crippen molar-refractivity contribution in [3.05, 3.63) is 58.9 Å². The van der Waals surface area contributed by atoms with E-state index in [0.29, 0.717) is 23.9 Å². The fourth-order valence-corrected chi connectivity index (χ4v) is 1.94. The van der Waals surface area contributed by atoms with Crippen LogP contribution in [0.2, 0.25) is 5.15 Å². The molecule has 0 aliphatic rings. The first kappa shape index (κ1) is 14.3. The van der Waals surface area contributed by atoms with Crippen LogP contribution in [0.15, 0.2) is 42.6 Å². The Morgan fingerprint density at radius 1 is 1.35 bits per heavy atom. The highest BCUT2D eigenvalue weighted by molar-refractivity contribution is 6.29. The molecule has 0 spiro atoms. The molecule has 1 aromatic heterocycles. The number of rotatable bonds is 5. The Morgan fingerprint density at radius 2 is 2.15 bits per heavy atom. The predicted molar refractivity (Wildman–Crippen MR) is 78.0 cm³/mol. The van der Waals surface area contributed by atoms with Crippen LogP contribution in [0.5, 0.6) is 5.75 Å². The van der Waals surface area contributed by atoms with Crippen molar-refractivity contribution in [2.75, 3.05) is 6.61 Å². The zero-order valence-corrected chi connectivity index (χ0v) is 11.9. The van der Waals surface area contributed by atoms with Gasteiger partial charge >= 0.3 is 0 Å². The van der Waals surface area contributed by atoms with E-state index in [1.807, 2.05) is 31.2 Å². The molecule has 0 atom stereocenters. The summed E-state index contributed by atoms with van der Waals surface area (Å²) in [5.74, 6) is 0.587. The largest absolute Gasteiger partial charge is 0.494 e. The first-order valence-electron chi connectivity index (χ1n) is 6.31. The van der Waals surface area contributed by atoms with Gasteiger partial charge in [0.1, 0.15) is 10.9 Å². The summed E-state index contributed by atoms with van der Waals surface area (Å²) >= 11 is 5.76. The molecule has 1 amide bonds. The zero-order chi connectivity index (χ0) is 14.4. The molecule has 2 aromatic rings.